The third-order valence-corrected chi connectivity index (χ3v) is 3.66. The van der Waals surface area contributed by atoms with Crippen LogP contribution in [0.2, 0.25) is 0 Å². The van der Waals surface area contributed by atoms with E-state index in [0.717, 1.165) is 11.1 Å². The highest BCUT2D eigenvalue weighted by Gasteiger charge is 2.15. The van der Waals surface area contributed by atoms with Crippen molar-refractivity contribution in [2.45, 2.75) is 19.9 Å². The molecule has 0 aliphatic heterocycles. The predicted octanol–water partition coefficient (Wildman–Crippen LogP) is 1.72. The first-order valence-electron chi connectivity index (χ1n) is 7.01. The third-order valence-electron chi connectivity index (χ3n) is 3.66. The average molecular weight is 295 g/mol. The monoisotopic (exact) mass is 295 g/mol. The van der Waals surface area contributed by atoms with Gasteiger partial charge in [-0.15, -0.1) is 0 Å². The minimum Gasteiger partial charge on any atom is -0.324 e. The van der Waals surface area contributed by atoms with Crippen molar-refractivity contribution in [3.05, 3.63) is 52.3 Å². The maximum absolute atomic E-state index is 12.7. The standard InChI is InChI=1S/C16H17N5O/c1-9-4-12(10(2)17)14-13(5-9)16(22)21(3)15(20-14)11-6-18-8-19-7-11/h4-8,10H,17H2,1-3H3. The van der Waals surface area contributed by atoms with Gasteiger partial charge in [-0.2, -0.15) is 0 Å². The van der Waals surface area contributed by atoms with Gasteiger partial charge >= 0.3 is 0 Å². The van der Waals surface area contributed by atoms with E-state index in [-0.39, 0.29) is 11.6 Å². The van der Waals surface area contributed by atoms with E-state index in [9.17, 15) is 4.79 Å². The number of hydrogen-bond acceptors (Lipinski definition) is 5. The van der Waals surface area contributed by atoms with Gasteiger partial charge < -0.3 is 5.73 Å². The Morgan fingerprint density at radius 1 is 1.23 bits per heavy atom. The van der Waals surface area contributed by atoms with Gasteiger partial charge in [0.15, 0.2) is 0 Å². The molecule has 0 spiro atoms. The smallest absolute Gasteiger partial charge is 0.261 e. The van der Waals surface area contributed by atoms with Crippen molar-refractivity contribution in [3.63, 3.8) is 0 Å². The van der Waals surface area contributed by atoms with Crippen LogP contribution in [0.5, 0.6) is 0 Å². The summed E-state index contributed by atoms with van der Waals surface area (Å²) < 4.78 is 1.52. The molecule has 0 bridgehead atoms. The molecule has 1 atom stereocenters. The number of aryl methyl sites for hydroxylation is 1. The molecular weight excluding hydrogens is 278 g/mol. The predicted molar refractivity (Wildman–Crippen MR) is 85.3 cm³/mol. The number of benzene rings is 1. The van der Waals surface area contributed by atoms with Crippen molar-refractivity contribution < 1.29 is 0 Å². The van der Waals surface area contributed by atoms with Gasteiger partial charge in [0.1, 0.15) is 12.2 Å². The van der Waals surface area contributed by atoms with Gasteiger partial charge in [0.05, 0.1) is 16.5 Å². The molecular formula is C16H17N5O. The average Bonchev–Trinajstić information content (AvgIpc) is 2.51. The van der Waals surface area contributed by atoms with Crippen LogP contribution in [0.4, 0.5) is 0 Å². The lowest BCUT2D eigenvalue weighted by Gasteiger charge is -2.14. The highest BCUT2D eigenvalue weighted by Crippen LogP contribution is 2.24. The van der Waals surface area contributed by atoms with E-state index in [1.165, 1.54) is 10.9 Å². The van der Waals surface area contributed by atoms with E-state index < -0.39 is 0 Å². The Kier molecular flexibility index (Phi) is 3.46. The molecule has 3 rings (SSSR count). The lowest BCUT2D eigenvalue weighted by atomic mass is 10.0. The highest BCUT2D eigenvalue weighted by atomic mass is 16.1. The second-order valence-electron chi connectivity index (χ2n) is 5.47. The third kappa shape index (κ3) is 2.27. The topological polar surface area (TPSA) is 86.7 Å². The summed E-state index contributed by atoms with van der Waals surface area (Å²) in [5.74, 6) is 0.531. The minimum atomic E-state index is -0.207. The van der Waals surface area contributed by atoms with Crippen molar-refractivity contribution in [1.29, 1.82) is 0 Å². The number of rotatable bonds is 2. The van der Waals surface area contributed by atoms with Crippen molar-refractivity contribution in [1.82, 2.24) is 19.5 Å². The second-order valence-corrected chi connectivity index (χ2v) is 5.47. The van der Waals surface area contributed by atoms with Crippen molar-refractivity contribution >= 4 is 10.9 Å². The Hall–Kier alpha value is -2.60. The summed E-state index contributed by atoms with van der Waals surface area (Å²) in [5.41, 5.74) is 9.15. The zero-order valence-electron chi connectivity index (χ0n) is 12.7. The van der Waals surface area contributed by atoms with Gasteiger partial charge in [-0.05, 0) is 31.0 Å². The summed E-state index contributed by atoms with van der Waals surface area (Å²) in [6, 6.07) is 3.62. The first-order chi connectivity index (χ1) is 10.5. The fourth-order valence-electron chi connectivity index (χ4n) is 2.57. The van der Waals surface area contributed by atoms with Crippen LogP contribution in [-0.2, 0) is 7.05 Å². The van der Waals surface area contributed by atoms with E-state index in [4.69, 9.17) is 5.73 Å². The number of aromatic nitrogens is 4. The fourth-order valence-corrected chi connectivity index (χ4v) is 2.57. The van der Waals surface area contributed by atoms with Gasteiger partial charge in [-0.25, -0.2) is 15.0 Å². The molecule has 22 heavy (non-hydrogen) atoms. The van der Waals surface area contributed by atoms with Crippen LogP contribution in [0, 0.1) is 6.92 Å². The van der Waals surface area contributed by atoms with Gasteiger partial charge in [0, 0.05) is 25.5 Å². The zero-order chi connectivity index (χ0) is 15.9. The van der Waals surface area contributed by atoms with Gasteiger partial charge in [0.2, 0.25) is 0 Å². The van der Waals surface area contributed by atoms with Crippen molar-refractivity contribution in [2.75, 3.05) is 0 Å². The molecule has 2 aromatic heterocycles. The molecule has 0 saturated heterocycles. The summed E-state index contributed by atoms with van der Waals surface area (Å²) in [6.07, 6.45) is 4.72. The fraction of sp³-hybridized carbons (Fsp3) is 0.250. The Morgan fingerprint density at radius 3 is 2.55 bits per heavy atom. The normalized spacial score (nSPS) is 12.5. The van der Waals surface area contributed by atoms with E-state index in [1.807, 2.05) is 26.0 Å². The van der Waals surface area contributed by atoms with E-state index in [0.29, 0.717) is 22.3 Å². The molecule has 0 aliphatic rings. The summed E-state index contributed by atoms with van der Waals surface area (Å²) >= 11 is 0. The Balaban J connectivity index is 2.43. The van der Waals surface area contributed by atoms with Crippen molar-refractivity contribution in [2.24, 2.45) is 12.8 Å². The summed E-state index contributed by atoms with van der Waals surface area (Å²) in [6.45, 7) is 3.84. The molecule has 3 aromatic rings. The molecule has 2 heterocycles. The quantitative estimate of drug-likeness (QED) is 0.778. The van der Waals surface area contributed by atoms with Crippen LogP contribution in [0.1, 0.15) is 24.1 Å². The number of nitrogens with zero attached hydrogens (tertiary/aromatic N) is 4. The maximum Gasteiger partial charge on any atom is 0.261 e. The van der Waals surface area contributed by atoms with Crippen LogP contribution in [0.25, 0.3) is 22.3 Å². The summed E-state index contributed by atoms with van der Waals surface area (Å²) in [7, 11) is 1.70. The van der Waals surface area contributed by atoms with Crippen LogP contribution < -0.4 is 11.3 Å². The van der Waals surface area contributed by atoms with Gasteiger partial charge in [-0.3, -0.25) is 9.36 Å². The molecule has 0 aliphatic carbocycles. The van der Waals surface area contributed by atoms with E-state index >= 15 is 0 Å². The molecule has 1 aromatic carbocycles. The second kappa shape index (κ2) is 5.31. The molecule has 6 heteroatoms. The molecule has 0 saturated carbocycles. The molecule has 6 nitrogen and oxygen atoms in total. The first-order valence-corrected chi connectivity index (χ1v) is 7.01. The van der Waals surface area contributed by atoms with Gasteiger partial charge in [0.25, 0.3) is 5.56 Å². The molecule has 1 unspecified atom stereocenters. The number of nitrogens with two attached hydrogens (primary N) is 1. The lowest BCUT2D eigenvalue weighted by Crippen LogP contribution is -2.22. The molecule has 2 N–H and O–H groups in total. The molecule has 0 fully saturated rings. The number of fused-ring (bicyclic) bond motifs is 1. The van der Waals surface area contributed by atoms with Crippen LogP contribution >= 0.6 is 0 Å². The van der Waals surface area contributed by atoms with E-state index in [2.05, 4.69) is 15.0 Å². The number of hydrogen-bond donors (Lipinski definition) is 1. The first kappa shape index (κ1) is 14.3. The molecule has 112 valence electrons. The molecule has 0 radical (unpaired) electrons. The largest absolute Gasteiger partial charge is 0.324 e. The summed E-state index contributed by atoms with van der Waals surface area (Å²) in [5, 5.41) is 0.579. The Bertz CT molecular complexity index is 900. The minimum absolute atomic E-state index is 0.102. The highest BCUT2D eigenvalue weighted by molar-refractivity contribution is 5.84. The van der Waals surface area contributed by atoms with Crippen LogP contribution in [-0.4, -0.2) is 19.5 Å². The SMILES string of the molecule is Cc1cc(C(C)N)c2nc(-c3cncnc3)n(C)c(=O)c2c1. The molecule has 0 amide bonds. The lowest BCUT2D eigenvalue weighted by molar-refractivity contribution is 0.813. The van der Waals surface area contributed by atoms with Gasteiger partial charge in [-0.1, -0.05) is 6.07 Å². The van der Waals surface area contributed by atoms with Crippen molar-refractivity contribution in [3.8, 4) is 11.4 Å². The van der Waals surface area contributed by atoms with E-state index in [1.54, 1.807) is 19.4 Å². The maximum atomic E-state index is 12.7. The summed E-state index contributed by atoms with van der Waals surface area (Å²) in [4.78, 5) is 25.3. The Labute approximate surface area is 127 Å². The zero-order valence-corrected chi connectivity index (χ0v) is 12.7. The van der Waals surface area contributed by atoms with Crippen LogP contribution in [0.15, 0.2) is 35.6 Å². The Morgan fingerprint density at radius 2 is 1.91 bits per heavy atom. The van der Waals surface area contributed by atoms with Crippen LogP contribution in [0.3, 0.4) is 0 Å².